The lowest BCUT2D eigenvalue weighted by atomic mass is 10.3. The van der Waals surface area contributed by atoms with E-state index in [0.717, 1.165) is 0 Å². The van der Waals surface area contributed by atoms with Gasteiger partial charge in [-0.25, -0.2) is 4.98 Å². The molecule has 5 nitrogen and oxygen atoms in total. The SMILES string of the molecule is CC(=O)NCCNC(=O)c1nc(Cl)ccc1Cl. The molecule has 0 atom stereocenters. The second-order valence-electron chi connectivity index (χ2n) is 3.20. The van der Waals surface area contributed by atoms with Gasteiger partial charge in [0, 0.05) is 20.0 Å². The molecule has 0 aliphatic rings. The van der Waals surface area contributed by atoms with Crippen molar-refractivity contribution in [3.63, 3.8) is 0 Å². The monoisotopic (exact) mass is 275 g/mol. The lowest BCUT2D eigenvalue weighted by molar-refractivity contribution is -0.118. The molecule has 0 saturated carbocycles. The van der Waals surface area contributed by atoms with Crippen molar-refractivity contribution in [1.82, 2.24) is 15.6 Å². The van der Waals surface area contributed by atoms with Crippen LogP contribution in [0.4, 0.5) is 0 Å². The molecule has 2 N–H and O–H groups in total. The number of pyridine rings is 1. The van der Waals surface area contributed by atoms with Crippen molar-refractivity contribution in [1.29, 1.82) is 0 Å². The van der Waals surface area contributed by atoms with Gasteiger partial charge in [-0.05, 0) is 12.1 Å². The van der Waals surface area contributed by atoms with Gasteiger partial charge in [-0.3, -0.25) is 9.59 Å². The smallest absolute Gasteiger partial charge is 0.271 e. The first kappa shape index (κ1) is 13.7. The number of nitrogens with zero attached hydrogens (tertiary/aromatic N) is 1. The molecule has 1 aromatic heterocycles. The lowest BCUT2D eigenvalue weighted by Gasteiger charge is -2.06. The van der Waals surface area contributed by atoms with Crippen molar-refractivity contribution in [3.8, 4) is 0 Å². The third-order valence-electron chi connectivity index (χ3n) is 1.81. The van der Waals surface area contributed by atoms with Gasteiger partial charge in [-0.15, -0.1) is 0 Å². The largest absolute Gasteiger partial charge is 0.355 e. The first-order chi connectivity index (χ1) is 8.00. The van der Waals surface area contributed by atoms with Crippen LogP contribution in [0.1, 0.15) is 17.4 Å². The average Bonchev–Trinajstić information content (AvgIpc) is 2.27. The summed E-state index contributed by atoms with van der Waals surface area (Å²) in [4.78, 5) is 26.0. The first-order valence-corrected chi connectivity index (χ1v) is 5.61. The quantitative estimate of drug-likeness (QED) is 0.642. The molecule has 92 valence electrons. The summed E-state index contributed by atoms with van der Waals surface area (Å²) in [6.07, 6.45) is 0. The predicted molar refractivity (Wildman–Crippen MR) is 65.3 cm³/mol. The Bertz CT molecular complexity index is 438. The Balaban J connectivity index is 2.52. The van der Waals surface area contributed by atoms with Crippen LogP contribution in [0, 0.1) is 0 Å². The van der Waals surface area contributed by atoms with Crippen molar-refractivity contribution < 1.29 is 9.59 Å². The molecule has 1 rings (SSSR count). The molecule has 0 aliphatic heterocycles. The van der Waals surface area contributed by atoms with Crippen LogP contribution >= 0.6 is 23.2 Å². The molecule has 1 aromatic rings. The summed E-state index contributed by atoms with van der Waals surface area (Å²) in [5.41, 5.74) is 0.0713. The molecule has 0 spiro atoms. The number of carbonyl (C=O) groups is 2. The molecule has 0 fully saturated rings. The summed E-state index contributed by atoms with van der Waals surface area (Å²) < 4.78 is 0. The molecular formula is C10H11Cl2N3O2. The number of nitrogens with one attached hydrogen (secondary N) is 2. The highest BCUT2D eigenvalue weighted by molar-refractivity contribution is 6.34. The maximum absolute atomic E-state index is 11.6. The molecule has 0 unspecified atom stereocenters. The third-order valence-corrected chi connectivity index (χ3v) is 2.33. The number of carbonyl (C=O) groups excluding carboxylic acids is 2. The summed E-state index contributed by atoms with van der Waals surface area (Å²) in [5.74, 6) is -0.582. The third kappa shape index (κ3) is 4.58. The molecule has 7 heteroatoms. The van der Waals surface area contributed by atoms with Crippen molar-refractivity contribution in [2.24, 2.45) is 0 Å². The van der Waals surface area contributed by atoms with Crippen LogP contribution in [0.25, 0.3) is 0 Å². The first-order valence-electron chi connectivity index (χ1n) is 4.85. The Morgan fingerprint density at radius 3 is 2.53 bits per heavy atom. The van der Waals surface area contributed by atoms with E-state index in [0.29, 0.717) is 13.1 Å². The van der Waals surface area contributed by atoms with Gasteiger partial charge in [0.15, 0.2) is 0 Å². The molecule has 0 bridgehead atoms. The maximum Gasteiger partial charge on any atom is 0.271 e. The fourth-order valence-electron chi connectivity index (χ4n) is 1.08. The second kappa shape index (κ2) is 6.42. The number of rotatable bonds is 4. The summed E-state index contributed by atoms with van der Waals surface area (Å²) in [5, 5.41) is 5.53. The highest BCUT2D eigenvalue weighted by Gasteiger charge is 2.12. The van der Waals surface area contributed by atoms with Crippen LogP contribution in [0.2, 0.25) is 10.2 Å². The number of amides is 2. The van der Waals surface area contributed by atoms with Gasteiger partial charge in [0.05, 0.1) is 5.02 Å². The van der Waals surface area contributed by atoms with Gasteiger partial charge >= 0.3 is 0 Å². The van der Waals surface area contributed by atoms with Crippen LogP contribution in [-0.2, 0) is 4.79 Å². The van der Waals surface area contributed by atoms with Gasteiger partial charge in [0.1, 0.15) is 10.8 Å². The summed E-state index contributed by atoms with van der Waals surface area (Å²) in [7, 11) is 0. The van der Waals surface area contributed by atoms with Gasteiger partial charge in [0.25, 0.3) is 5.91 Å². The van der Waals surface area contributed by atoms with E-state index in [1.54, 1.807) is 0 Å². The molecule has 17 heavy (non-hydrogen) atoms. The topological polar surface area (TPSA) is 71.1 Å². The maximum atomic E-state index is 11.6. The molecular weight excluding hydrogens is 265 g/mol. The molecule has 0 saturated heterocycles. The van der Waals surface area contributed by atoms with E-state index in [1.807, 2.05) is 0 Å². The van der Waals surface area contributed by atoms with Gasteiger partial charge in [0.2, 0.25) is 5.91 Å². The molecule has 1 heterocycles. The van der Waals surface area contributed by atoms with E-state index >= 15 is 0 Å². The zero-order chi connectivity index (χ0) is 12.8. The Hall–Kier alpha value is -1.33. The predicted octanol–water partition coefficient (Wildman–Crippen LogP) is 1.25. The molecule has 2 amide bonds. The van der Waals surface area contributed by atoms with Crippen LogP contribution < -0.4 is 10.6 Å². The van der Waals surface area contributed by atoms with E-state index in [-0.39, 0.29) is 21.8 Å². The van der Waals surface area contributed by atoms with Crippen LogP contribution in [-0.4, -0.2) is 29.9 Å². The van der Waals surface area contributed by atoms with E-state index in [1.165, 1.54) is 19.1 Å². The van der Waals surface area contributed by atoms with E-state index in [2.05, 4.69) is 15.6 Å². The summed E-state index contributed by atoms with van der Waals surface area (Å²) in [6.45, 7) is 2.04. The highest BCUT2D eigenvalue weighted by atomic mass is 35.5. The van der Waals surface area contributed by atoms with E-state index in [4.69, 9.17) is 23.2 Å². The van der Waals surface area contributed by atoms with Crippen molar-refractivity contribution >= 4 is 35.0 Å². The number of hydrogen-bond acceptors (Lipinski definition) is 3. The van der Waals surface area contributed by atoms with Crippen LogP contribution in [0.3, 0.4) is 0 Å². The Kier molecular flexibility index (Phi) is 5.18. The molecule has 0 radical (unpaired) electrons. The summed E-state index contributed by atoms with van der Waals surface area (Å²) in [6, 6.07) is 3.00. The minimum Gasteiger partial charge on any atom is -0.355 e. The standard InChI is InChI=1S/C10H11Cl2N3O2/c1-6(16)13-4-5-14-10(17)9-7(11)2-3-8(12)15-9/h2-3H,4-5H2,1H3,(H,13,16)(H,14,17). The zero-order valence-corrected chi connectivity index (χ0v) is 10.6. The van der Waals surface area contributed by atoms with Crippen LogP contribution in [0.5, 0.6) is 0 Å². The lowest BCUT2D eigenvalue weighted by Crippen LogP contribution is -2.34. The number of hydrogen-bond donors (Lipinski definition) is 2. The second-order valence-corrected chi connectivity index (χ2v) is 4.00. The van der Waals surface area contributed by atoms with Crippen LogP contribution in [0.15, 0.2) is 12.1 Å². The van der Waals surface area contributed by atoms with E-state index in [9.17, 15) is 9.59 Å². The van der Waals surface area contributed by atoms with E-state index < -0.39 is 5.91 Å². The Labute approximate surface area is 109 Å². The fraction of sp³-hybridized carbons (Fsp3) is 0.300. The van der Waals surface area contributed by atoms with Crippen molar-refractivity contribution in [3.05, 3.63) is 28.0 Å². The molecule has 0 aromatic carbocycles. The van der Waals surface area contributed by atoms with Gasteiger partial charge in [-0.1, -0.05) is 23.2 Å². The number of aromatic nitrogens is 1. The Morgan fingerprint density at radius 1 is 1.24 bits per heavy atom. The Morgan fingerprint density at radius 2 is 1.88 bits per heavy atom. The van der Waals surface area contributed by atoms with Gasteiger partial charge in [-0.2, -0.15) is 0 Å². The van der Waals surface area contributed by atoms with Gasteiger partial charge < -0.3 is 10.6 Å². The minimum atomic E-state index is -0.428. The van der Waals surface area contributed by atoms with Crippen molar-refractivity contribution in [2.45, 2.75) is 6.92 Å². The summed E-state index contributed by atoms with van der Waals surface area (Å²) >= 11 is 11.5. The molecule has 0 aliphatic carbocycles. The van der Waals surface area contributed by atoms with Crippen molar-refractivity contribution in [2.75, 3.05) is 13.1 Å². The fourth-order valence-corrected chi connectivity index (χ4v) is 1.41. The average molecular weight is 276 g/mol. The minimum absolute atomic E-state index is 0.0713. The zero-order valence-electron chi connectivity index (χ0n) is 9.09. The highest BCUT2D eigenvalue weighted by Crippen LogP contribution is 2.16. The number of halogens is 2. The normalized spacial score (nSPS) is 9.82.